The van der Waals surface area contributed by atoms with E-state index in [9.17, 15) is 77.3 Å². The molecule has 1 aromatic carbocycles. The SMILES string of the molecule is C/C=C1\NC(=O)[C@H](Cc2ccccc2)NC(=O)[C@H]([C@@H](C)CC)NC(=O)[C@H]([C@@H](C)CC)NC(=O)[C@H]([C@@H](C)O)NC(=O)[C@@H](CC(C)C)NC(=O)[C@H](CCCN=C(N)N)NC(=O)[C@H]2CCCN2C(=O)[C@H](C(C)C)NC(=O)[C@H](C(C)C)NC(=O)[C@H]([C@@H](C)O)NC(=O)[C@H]([C@@H](C)OC(C)=O)NC(=O)[C@H](C(C)C)NC1=O. The van der Waals surface area contributed by atoms with Gasteiger partial charge >= 0.3 is 5.97 Å². The van der Waals surface area contributed by atoms with Gasteiger partial charge in [0.1, 0.15) is 84.3 Å². The van der Waals surface area contributed by atoms with Crippen molar-refractivity contribution in [2.24, 2.45) is 52.0 Å². The smallest absolute Gasteiger partial charge is 0.302 e. The molecule has 0 bridgehead atoms. The number of ether oxygens (including phenoxy) is 1. The number of rotatable bonds is 19. The second kappa shape index (κ2) is 42.5. The molecule has 104 heavy (non-hydrogen) atoms. The number of nitrogens with one attached hydrogen (secondary N) is 12. The van der Waals surface area contributed by atoms with E-state index in [0.29, 0.717) is 18.4 Å². The molecule has 2 fully saturated rings. The van der Waals surface area contributed by atoms with Crippen molar-refractivity contribution in [2.45, 2.75) is 260 Å². The molecule has 13 amide bonds. The number of esters is 1. The maximum absolute atomic E-state index is 14.8. The van der Waals surface area contributed by atoms with Crippen LogP contribution in [0.3, 0.4) is 0 Å². The third-order valence-corrected chi connectivity index (χ3v) is 18.3. The summed E-state index contributed by atoms with van der Waals surface area (Å²) in [5.41, 5.74) is 11.4. The Labute approximate surface area is 609 Å². The van der Waals surface area contributed by atoms with Crippen LogP contribution in [-0.4, -0.2) is 208 Å². The zero-order valence-electron chi connectivity index (χ0n) is 63.2. The number of allylic oxidation sites excluding steroid dienone is 1. The van der Waals surface area contributed by atoms with Crippen molar-refractivity contribution in [1.82, 2.24) is 68.7 Å². The van der Waals surface area contributed by atoms with Crippen LogP contribution in [0.5, 0.6) is 0 Å². The number of aliphatic imine (C=N–C) groups is 1. The Morgan fingerprint density at radius 2 is 0.962 bits per heavy atom. The number of guanidine groups is 1. The van der Waals surface area contributed by atoms with Gasteiger partial charge in [0.05, 0.1) is 12.2 Å². The molecule has 17 atom stereocenters. The van der Waals surface area contributed by atoms with Crippen LogP contribution in [0, 0.1) is 35.5 Å². The molecule has 0 radical (unpaired) electrons. The lowest BCUT2D eigenvalue weighted by Crippen LogP contribution is -2.64. The molecular weight excluding hydrogens is 1350 g/mol. The number of amides is 13. The summed E-state index contributed by atoms with van der Waals surface area (Å²) < 4.78 is 5.35. The minimum Gasteiger partial charge on any atom is -0.460 e. The molecule has 3 rings (SSSR count). The van der Waals surface area contributed by atoms with Crippen molar-refractivity contribution in [3.8, 4) is 0 Å². The van der Waals surface area contributed by atoms with Crippen LogP contribution in [0.2, 0.25) is 0 Å². The van der Waals surface area contributed by atoms with Crippen molar-refractivity contribution in [3.63, 3.8) is 0 Å². The summed E-state index contributed by atoms with van der Waals surface area (Å²) in [4.78, 5) is 207. The van der Waals surface area contributed by atoms with Crippen LogP contribution in [0.4, 0.5) is 0 Å². The van der Waals surface area contributed by atoms with Gasteiger partial charge in [0, 0.05) is 26.4 Å². The summed E-state index contributed by atoms with van der Waals surface area (Å²) >= 11 is 0. The molecular formula is C71H116N16O17. The van der Waals surface area contributed by atoms with Crippen molar-refractivity contribution in [2.75, 3.05) is 13.1 Å². The van der Waals surface area contributed by atoms with E-state index in [1.165, 1.54) is 31.7 Å². The first kappa shape index (κ1) is 88.9. The van der Waals surface area contributed by atoms with Crippen LogP contribution in [0.1, 0.15) is 168 Å². The Balaban J connectivity index is 2.31. The molecule has 33 heteroatoms. The van der Waals surface area contributed by atoms with Gasteiger partial charge in [-0.1, -0.05) is 132 Å². The van der Waals surface area contributed by atoms with Gasteiger partial charge in [-0.3, -0.25) is 72.1 Å². The van der Waals surface area contributed by atoms with E-state index in [1.807, 2.05) is 0 Å². The van der Waals surface area contributed by atoms with Crippen molar-refractivity contribution in [3.05, 3.63) is 47.7 Å². The Kier molecular flexibility index (Phi) is 36.3. The first-order valence-corrected chi connectivity index (χ1v) is 35.9. The fraction of sp³-hybridized carbons (Fsp3) is 0.676. The summed E-state index contributed by atoms with van der Waals surface area (Å²) in [5.74, 6) is -17.0. The first-order chi connectivity index (χ1) is 48.7. The monoisotopic (exact) mass is 1460 g/mol. The maximum atomic E-state index is 14.8. The van der Waals surface area contributed by atoms with Crippen LogP contribution in [0.15, 0.2) is 47.1 Å². The minimum absolute atomic E-state index is 0.00401. The average molecular weight is 1470 g/mol. The van der Waals surface area contributed by atoms with E-state index < -0.39 is 209 Å². The van der Waals surface area contributed by atoms with E-state index in [-0.39, 0.29) is 63.5 Å². The molecule has 2 saturated heterocycles. The van der Waals surface area contributed by atoms with Gasteiger partial charge in [-0.15, -0.1) is 0 Å². The Bertz CT molecular complexity index is 3210. The number of nitrogens with zero attached hydrogens (tertiary/aromatic N) is 2. The van der Waals surface area contributed by atoms with Crippen molar-refractivity contribution < 1.29 is 82.1 Å². The number of carbonyl (C=O) groups excluding carboxylic acids is 14. The highest BCUT2D eigenvalue weighted by molar-refractivity contribution is 6.03. The molecule has 0 saturated carbocycles. The van der Waals surface area contributed by atoms with E-state index in [4.69, 9.17) is 16.2 Å². The van der Waals surface area contributed by atoms with Gasteiger partial charge in [0.25, 0.3) is 5.91 Å². The number of carbonyl (C=O) groups is 14. The predicted octanol–water partition coefficient (Wildman–Crippen LogP) is -1.54. The van der Waals surface area contributed by atoms with Gasteiger partial charge < -0.3 is 95.1 Å². The first-order valence-electron chi connectivity index (χ1n) is 35.9. The number of hydrogen-bond acceptors (Lipinski definition) is 18. The summed E-state index contributed by atoms with van der Waals surface area (Å²) in [6, 6.07) is -9.62. The number of nitrogens with two attached hydrogens (primary N) is 2. The maximum Gasteiger partial charge on any atom is 0.302 e. The minimum atomic E-state index is -1.87. The zero-order valence-corrected chi connectivity index (χ0v) is 63.2. The lowest BCUT2D eigenvalue weighted by molar-refractivity contribution is -0.151. The molecule has 0 aliphatic carbocycles. The zero-order chi connectivity index (χ0) is 78.7. The number of hydrogen-bond donors (Lipinski definition) is 16. The molecule has 2 aliphatic heterocycles. The lowest BCUT2D eigenvalue weighted by Gasteiger charge is -2.33. The molecule has 0 unspecified atom stereocenters. The molecule has 0 aromatic heterocycles. The number of fused-ring (bicyclic) bond motifs is 1. The average Bonchev–Trinajstić information content (AvgIpc) is 1.53. The van der Waals surface area contributed by atoms with Crippen molar-refractivity contribution >= 4 is 88.7 Å². The van der Waals surface area contributed by atoms with Crippen LogP contribution in [-0.2, 0) is 78.3 Å². The predicted molar refractivity (Wildman–Crippen MR) is 385 cm³/mol. The third-order valence-electron chi connectivity index (χ3n) is 18.3. The fourth-order valence-corrected chi connectivity index (χ4v) is 11.8. The molecule has 18 N–H and O–H groups in total. The van der Waals surface area contributed by atoms with Crippen LogP contribution in [0.25, 0.3) is 0 Å². The summed E-state index contributed by atoms with van der Waals surface area (Å²) in [5, 5.41) is 53.7. The number of aliphatic hydroxyl groups is 2. The number of benzene rings is 1. The van der Waals surface area contributed by atoms with Crippen LogP contribution >= 0.6 is 0 Å². The normalized spacial score (nSPS) is 27.0. The Hall–Kier alpha value is -9.27. The van der Waals surface area contributed by atoms with Crippen molar-refractivity contribution in [1.29, 1.82) is 0 Å². The molecule has 0 spiro atoms. The third kappa shape index (κ3) is 27.1. The Morgan fingerprint density at radius 3 is 1.44 bits per heavy atom. The fourth-order valence-electron chi connectivity index (χ4n) is 11.8. The van der Waals surface area contributed by atoms with Gasteiger partial charge in [0.2, 0.25) is 70.9 Å². The highest BCUT2D eigenvalue weighted by Gasteiger charge is 2.44. The van der Waals surface area contributed by atoms with Gasteiger partial charge in [-0.05, 0) is 101 Å². The molecule has 1 aromatic rings. The highest BCUT2D eigenvalue weighted by atomic mass is 16.5. The molecule has 582 valence electrons. The Morgan fingerprint density at radius 1 is 0.538 bits per heavy atom. The lowest BCUT2D eigenvalue weighted by atomic mass is 9.94. The summed E-state index contributed by atoms with van der Waals surface area (Å²) in [7, 11) is 0. The number of aliphatic hydroxyl groups excluding tert-OH is 2. The topological polar surface area (TPSA) is 501 Å². The van der Waals surface area contributed by atoms with E-state index in [2.05, 4.69) is 68.8 Å². The quantitative estimate of drug-likeness (QED) is 0.0245. The van der Waals surface area contributed by atoms with Gasteiger partial charge in [0.15, 0.2) is 5.96 Å². The standard InChI is InChI=1S/C71H116N16O17/c1-18-38(12)53-65(98)78-48(33-44-26-22-21-23-27-44)60(93)75-45(20-3)58(91)79-50(35(6)7)64(97)86-57(42(16)104-43(17)90)69(102)85-56(41(15)89)67(100)80-51(36(8)9)63(96)81-52(37(10)11)70(103)87-31-25-29-49(87)62(95)76-46(28-24-30-74-71(72)73)59(92)77-47(32-34(4)5)61(94)84-55(40(14)88)68(101)83-54(39(13)19-2)66(99)82-53/h20-23,26-27,34-42,46-57,88-89H,18-19,24-25,28-33H2,1-17H3,(H,75,93)(H,76,95)(H,77,92)(H,78,98)(H,79,91)(H,80,100)(H,81,96)(H,82,99)(H,83,101)(H,84,94)(H,85,102)(H,86,97)(H4,72,73,74)/b45-20-/t38-,39-,40+,41+,42+,46-,47+,48-,49+,50-,51-,52-,53-,54-,55-,56-,57-/m0/s1. The molecule has 2 heterocycles. The van der Waals surface area contributed by atoms with Crippen LogP contribution < -0.4 is 75.3 Å². The second-order valence-corrected chi connectivity index (χ2v) is 28.5. The van der Waals surface area contributed by atoms with E-state index in [0.717, 1.165) is 13.8 Å². The highest BCUT2D eigenvalue weighted by Crippen LogP contribution is 2.23. The second-order valence-electron chi connectivity index (χ2n) is 28.5. The van der Waals surface area contributed by atoms with E-state index >= 15 is 0 Å². The molecule has 33 nitrogen and oxygen atoms in total. The van der Waals surface area contributed by atoms with E-state index in [1.54, 1.807) is 113 Å². The molecule has 2 aliphatic rings. The largest absolute Gasteiger partial charge is 0.460 e. The van der Waals surface area contributed by atoms with Gasteiger partial charge in [-0.2, -0.15) is 0 Å². The summed E-state index contributed by atoms with van der Waals surface area (Å²) in [6.07, 6.45) is -2.81. The summed E-state index contributed by atoms with van der Waals surface area (Å²) in [6.45, 7) is 25.9. The van der Waals surface area contributed by atoms with Gasteiger partial charge in [-0.25, -0.2) is 0 Å².